The van der Waals surface area contributed by atoms with E-state index in [-0.39, 0.29) is 41.9 Å². The molecule has 30 heavy (non-hydrogen) atoms. The van der Waals surface area contributed by atoms with Crippen molar-refractivity contribution in [3.8, 4) is 0 Å². The Morgan fingerprint density at radius 3 is 1.53 bits per heavy atom. The van der Waals surface area contributed by atoms with E-state index < -0.39 is 0 Å². The quantitative estimate of drug-likeness (QED) is 0.440. The maximum Gasteiger partial charge on any atom is 0.338 e. The Balaban J connectivity index is 2.16. The highest BCUT2D eigenvalue weighted by Gasteiger charge is 2.36. The highest BCUT2D eigenvalue weighted by molar-refractivity contribution is 5.89. The zero-order valence-corrected chi connectivity index (χ0v) is 18.7. The Kier molecular flexibility index (Phi) is 9.10. The summed E-state index contributed by atoms with van der Waals surface area (Å²) in [4.78, 5) is 25.3. The van der Waals surface area contributed by atoms with E-state index >= 15 is 0 Å². The monoisotopic (exact) mass is 410 g/mol. The van der Waals surface area contributed by atoms with Gasteiger partial charge in [0, 0.05) is 11.8 Å². The molecule has 0 fully saturated rings. The fourth-order valence-electron chi connectivity index (χ4n) is 4.14. The molecule has 0 radical (unpaired) electrons. The van der Waals surface area contributed by atoms with Crippen LogP contribution >= 0.6 is 0 Å². The maximum atomic E-state index is 12.7. The van der Waals surface area contributed by atoms with Crippen molar-refractivity contribution in [1.29, 1.82) is 0 Å². The highest BCUT2D eigenvalue weighted by atomic mass is 16.6. The van der Waals surface area contributed by atoms with Gasteiger partial charge in [0.15, 0.2) is 0 Å². The lowest BCUT2D eigenvalue weighted by Gasteiger charge is -2.37. The van der Waals surface area contributed by atoms with Crippen LogP contribution in [0.3, 0.4) is 0 Å². The number of hydrogen-bond acceptors (Lipinski definition) is 4. The molecule has 2 aromatic rings. The smallest absolute Gasteiger partial charge is 0.338 e. The standard InChI is InChI=1S/C26H34O4/c1-6-22(19(5)29-25(27)20-14-10-8-11-15-20)23(7-2)24(18(3)4)30-26(28)21-16-12-9-13-17-21/h8-19,22-24H,6-7H2,1-5H3. The molecule has 0 aliphatic carbocycles. The van der Waals surface area contributed by atoms with Crippen molar-refractivity contribution in [2.45, 2.75) is 59.7 Å². The van der Waals surface area contributed by atoms with E-state index in [1.54, 1.807) is 24.3 Å². The number of esters is 2. The number of rotatable bonds is 10. The van der Waals surface area contributed by atoms with Crippen molar-refractivity contribution >= 4 is 11.9 Å². The molecule has 4 unspecified atom stereocenters. The van der Waals surface area contributed by atoms with Gasteiger partial charge < -0.3 is 9.47 Å². The van der Waals surface area contributed by atoms with Crippen LogP contribution in [0.2, 0.25) is 0 Å². The van der Waals surface area contributed by atoms with Crippen molar-refractivity contribution in [2.24, 2.45) is 17.8 Å². The summed E-state index contributed by atoms with van der Waals surface area (Å²) in [5.74, 6) is -0.316. The van der Waals surface area contributed by atoms with E-state index in [4.69, 9.17) is 9.47 Å². The number of carbonyl (C=O) groups is 2. The molecule has 4 heteroatoms. The van der Waals surface area contributed by atoms with Gasteiger partial charge in [0.05, 0.1) is 11.1 Å². The number of carbonyl (C=O) groups excluding carboxylic acids is 2. The van der Waals surface area contributed by atoms with Gasteiger partial charge in [-0.15, -0.1) is 0 Å². The molecule has 4 atom stereocenters. The summed E-state index contributed by atoms with van der Waals surface area (Å²) in [5, 5.41) is 0. The first-order valence-corrected chi connectivity index (χ1v) is 10.9. The average Bonchev–Trinajstić information content (AvgIpc) is 2.76. The van der Waals surface area contributed by atoms with E-state index in [2.05, 4.69) is 27.7 Å². The molecule has 0 bridgehead atoms. The second-order valence-electron chi connectivity index (χ2n) is 8.10. The summed E-state index contributed by atoms with van der Waals surface area (Å²) in [7, 11) is 0. The zero-order valence-electron chi connectivity index (χ0n) is 18.7. The molecule has 0 aliphatic heterocycles. The number of ether oxygens (including phenoxy) is 2. The summed E-state index contributed by atoms with van der Waals surface area (Å²) in [6.07, 6.45) is 1.11. The van der Waals surface area contributed by atoms with Gasteiger partial charge >= 0.3 is 11.9 Å². The third kappa shape index (κ3) is 6.19. The minimum Gasteiger partial charge on any atom is -0.459 e. The molecule has 0 heterocycles. The van der Waals surface area contributed by atoms with Crippen molar-refractivity contribution in [3.05, 3.63) is 71.8 Å². The van der Waals surface area contributed by atoms with Crippen molar-refractivity contribution < 1.29 is 19.1 Å². The summed E-state index contributed by atoms with van der Waals surface area (Å²) in [6.45, 7) is 10.3. The predicted octanol–water partition coefficient (Wildman–Crippen LogP) is 6.17. The minimum absolute atomic E-state index is 0.0821. The van der Waals surface area contributed by atoms with Crippen molar-refractivity contribution in [3.63, 3.8) is 0 Å². The maximum absolute atomic E-state index is 12.7. The Hall–Kier alpha value is -2.62. The third-order valence-corrected chi connectivity index (χ3v) is 5.73. The largest absolute Gasteiger partial charge is 0.459 e. The van der Waals surface area contributed by atoms with Gasteiger partial charge in [-0.05, 0) is 49.9 Å². The molecule has 0 amide bonds. The second-order valence-corrected chi connectivity index (χ2v) is 8.10. The van der Waals surface area contributed by atoms with Gasteiger partial charge in [-0.3, -0.25) is 0 Å². The van der Waals surface area contributed by atoms with Crippen LogP contribution < -0.4 is 0 Å². The van der Waals surface area contributed by atoms with Crippen LogP contribution in [0.1, 0.15) is 68.2 Å². The summed E-state index contributed by atoms with van der Waals surface area (Å²) >= 11 is 0. The fraction of sp³-hybridized carbons (Fsp3) is 0.462. The minimum atomic E-state index is -0.321. The van der Waals surface area contributed by atoms with Crippen LogP contribution in [0.4, 0.5) is 0 Å². The second kappa shape index (κ2) is 11.5. The Labute approximate surface area is 180 Å². The first kappa shape index (κ1) is 23.7. The Morgan fingerprint density at radius 1 is 0.700 bits per heavy atom. The van der Waals surface area contributed by atoms with E-state index in [1.165, 1.54) is 0 Å². The molecule has 2 aromatic carbocycles. The highest BCUT2D eigenvalue weighted by Crippen LogP contribution is 2.33. The van der Waals surface area contributed by atoms with Gasteiger partial charge in [0.25, 0.3) is 0 Å². The molecular weight excluding hydrogens is 376 g/mol. The van der Waals surface area contributed by atoms with Gasteiger partial charge in [-0.2, -0.15) is 0 Å². The van der Waals surface area contributed by atoms with E-state index in [0.29, 0.717) is 11.1 Å². The van der Waals surface area contributed by atoms with Gasteiger partial charge in [-0.25, -0.2) is 9.59 Å². The third-order valence-electron chi connectivity index (χ3n) is 5.73. The summed E-state index contributed by atoms with van der Waals surface area (Å²) in [6, 6.07) is 18.1. The molecule has 0 spiro atoms. The lowest BCUT2D eigenvalue weighted by molar-refractivity contribution is -0.0440. The van der Waals surface area contributed by atoms with E-state index in [1.807, 2.05) is 43.3 Å². The molecule has 0 aromatic heterocycles. The lowest BCUT2D eigenvalue weighted by Crippen LogP contribution is -2.40. The lowest BCUT2D eigenvalue weighted by atomic mass is 9.77. The van der Waals surface area contributed by atoms with Crippen molar-refractivity contribution in [1.82, 2.24) is 0 Å². The van der Waals surface area contributed by atoms with Gasteiger partial charge in [-0.1, -0.05) is 64.1 Å². The number of hydrogen-bond donors (Lipinski definition) is 0. The van der Waals surface area contributed by atoms with Gasteiger partial charge in [0.1, 0.15) is 12.2 Å². The number of benzene rings is 2. The molecule has 0 aliphatic rings. The Bertz CT molecular complexity index is 785. The normalized spacial score (nSPS) is 15.1. The fourth-order valence-corrected chi connectivity index (χ4v) is 4.14. The molecule has 2 rings (SSSR count). The SMILES string of the molecule is CCC(C(C)OC(=O)c1ccccc1)C(CC)C(OC(=O)c1ccccc1)C(C)C. The summed E-state index contributed by atoms with van der Waals surface area (Å²) in [5.41, 5.74) is 1.10. The molecule has 0 saturated heterocycles. The molecule has 0 saturated carbocycles. The molecule has 162 valence electrons. The van der Waals surface area contributed by atoms with E-state index in [0.717, 1.165) is 12.8 Å². The summed E-state index contributed by atoms with van der Waals surface area (Å²) < 4.78 is 11.8. The zero-order chi connectivity index (χ0) is 22.1. The topological polar surface area (TPSA) is 52.6 Å². The van der Waals surface area contributed by atoms with Crippen LogP contribution in [0.15, 0.2) is 60.7 Å². The van der Waals surface area contributed by atoms with Crippen LogP contribution in [-0.4, -0.2) is 24.1 Å². The van der Waals surface area contributed by atoms with Crippen LogP contribution in [0, 0.1) is 17.8 Å². The van der Waals surface area contributed by atoms with E-state index in [9.17, 15) is 9.59 Å². The first-order chi connectivity index (χ1) is 14.4. The van der Waals surface area contributed by atoms with Gasteiger partial charge in [0.2, 0.25) is 0 Å². The Morgan fingerprint density at radius 2 is 1.13 bits per heavy atom. The van der Waals surface area contributed by atoms with Crippen LogP contribution in [0.5, 0.6) is 0 Å². The first-order valence-electron chi connectivity index (χ1n) is 10.9. The molecule has 0 N–H and O–H groups in total. The molecular formula is C26H34O4. The van der Waals surface area contributed by atoms with Crippen molar-refractivity contribution in [2.75, 3.05) is 0 Å². The molecule has 4 nitrogen and oxygen atoms in total. The average molecular weight is 411 g/mol. The van der Waals surface area contributed by atoms with Crippen LogP contribution in [0.25, 0.3) is 0 Å². The predicted molar refractivity (Wildman–Crippen MR) is 119 cm³/mol. The van der Waals surface area contributed by atoms with Crippen LogP contribution in [-0.2, 0) is 9.47 Å².